The first-order valence-electron chi connectivity index (χ1n) is 15.3. The Kier molecular flexibility index (Phi) is 6.75. The van der Waals surface area contributed by atoms with Crippen LogP contribution in [0, 0.1) is 20.8 Å². The van der Waals surface area contributed by atoms with Gasteiger partial charge in [0, 0.05) is 17.1 Å². The van der Waals surface area contributed by atoms with Crippen molar-refractivity contribution < 1.29 is 0 Å². The first kappa shape index (κ1) is 27.0. The molecule has 0 unspecified atom stereocenters. The van der Waals surface area contributed by atoms with Gasteiger partial charge < -0.3 is 4.90 Å². The van der Waals surface area contributed by atoms with Crippen molar-refractivity contribution in [3.8, 4) is 11.1 Å². The summed E-state index contributed by atoms with van der Waals surface area (Å²) >= 11 is 0. The lowest BCUT2D eigenvalue weighted by Crippen LogP contribution is -2.28. The van der Waals surface area contributed by atoms with Crippen molar-refractivity contribution >= 4 is 17.1 Å². The van der Waals surface area contributed by atoms with E-state index in [9.17, 15) is 0 Å². The number of benzene rings is 6. The van der Waals surface area contributed by atoms with Crippen LogP contribution in [0.25, 0.3) is 11.1 Å². The number of rotatable bonds is 6. The molecule has 43 heavy (non-hydrogen) atoms. The van der Waals surface area contributed by atoms with E-state index in [1.807, 2.05) is 0 Å². The van der Waals surface area contributed by atoms with E-state index in [1.165, 1.54) is 61.3 Å². The number of anilines is 3. The second-order valence-electron chi connectivity index (χ2n) is 11.9. The maximum Gasteiger partial charge on any atom is 0.0713 e. The highest BCUT2D eigenvalue weighted by molar-refractivity contribution is 5.86. The molecule has 1 aliphatic carbocycles. The van der Waals surface area contributed by atoms with Crippen LogP contribution < -0.4 is 4.90 Å². The topological polar surface area (TPSA) is 3.24 Å². The quantitative estimate of drug-likeness (QED) is 0.197. The minimum atomic E-state index is -0.395. The Hall–Kier alpha value is -4.88. The molecule has 210 valence electrons. The number of fused-ring (bicyclic) bond motifs is 3. The maximum absolute atomic E-state index is 2.38. The third kappa shape index (κ3) is 4.39. The highest BCUT2D eigenvalue weighted by Gasteiger charge is 2.45. The summed E-state index contributed by atoms with van der Waals surface area (Å²) in [5.74, 6) is 0. The minimum Gasteiger partial charge on any atom is -0.310 e. The monoisotopic (exact) mass is 555 g/mol. The molecular weight excluding hydrogens is 518 g/mol. The molecule has 0 bridgehead atoms. The lowest BCUT2D eigenvalue weighted by molar-refractivity contribution is 0.768. The summed E-state index contributed by atoms with van der Waals surface area (Å²) in [5.41, 5.74) is 16.2. The summed E-state index contributed by atoms with van der Waals surface area (Å²) in [6, 6.07) is 52.0. The lowest BCUT2D eigenvalue weighted by atomic mass is 9.67. The summed E-state index contributed by atoms with van der Waals surface area (Å²) in [7, 11) is 0. The van der Waals surface area contributed by atoms with Gasteiger partial charge in [-0.05, 0) is 108 Å². The third-order valence-electron chi connectivity index (χ3n) is 9.25. The molecule has 6 aromatic carbocycles. The van der Waals surface area contributed by atoms with Crippen molar-refractivity contribution in [1.29, 1.82) is 0 Å². The van der Waals surface area contributed by atoms with E-state index in [-0.39, 0.29) is 0 Å². The van der Waals surface area contributed by atoms with Crippen LogP contribution in [0.3, 0.4) is 0 Å². The van der Waals surface area contributed by atoms with Crippen LogP contribution >= 0.6 is 0 Å². The summed E-state index contributed by atoms with van der Waals surface area (Å²) in [5, 5.41) is 0. The molecule has 6 aromatic rings. The van der Waals surface area contributed by atoms with Crippen LogP contribution in [0.15, 0.2) is 140 Å². The first-order valence-corrected chi connectivity index (χ1v) is 15.3. The van der Waals surface area contributed by atoms with E-state index in [1.54, 1.807) is 0 Å². The van der Waals surface area contributed by atoms with E-state index in [0.717, 1.165) is 17.8 Å². The standard InChI is InChI=1S/C42H37N/c1-5-32-18-25-37(28-31(32)4)43(35-23-16-30(3)17-24-35)36-26-21-34(22-27-36)42(33-19-14-29(2)15-20-33)40-12-8-6-10-38(40)39-11-7-9-13-41(39)42/h6-28H,5H2,1-4H3. The summed E-state index contributed by atoms with van der Waals surface area (Å²) in [6.45, 7) is 8.75. The van der Waals surface area contributed by atoms with Crippen molar-refractivity contribution in [2.24, 2.45) is 0 Å². The van der Waals surface area contributed by atoms with Gasteiger partial charge in [0.05, 0.1) is 5.41 Å². The highest BCUT2D eigenvalue weighted by atomic mass is 15.1. The molecule has 0 atom stereocenters. The van der Waals surface area contributed by atoms with Crippen LogP contribution in [0.2, 0.25) is 0 Å². The van der Waals surface area contributed by atoms with Gasteiger partial charge in [-0.2, -0.15) is 0 Å². The van der Waals surface area contributed by atoms with Gasteiger partial charge in [-0.15, -0.1) is 0 Å². The fourth-order valence-corrected chi connectivity index (χ4v) is 7.04. The summed E-state index contributed by atoms with van der Waals surface area (Å²) in [4.78, 5) is 2.38. The van der Waals surface area contributed by atoms with Gasteiger partial charge in [-0.3, -0.25) is 0 Å². The Bertz CT molecular complexity index is 1870. The molecule has 1 aliphatic rings. The third-order valence-corrected chi connectivity index (χ3v) is 9.25. The van der Waals surface area contributed by atoms with E-state index < -0.39 is 5.41 Å². The Morgan fingerprint density at radius 1 is 0.488 bits per heavy atom. The van der Waals surface area contributed by atoms with Gasteiger partial charge >= 0.3 is 0 Å². The number of hydrogen-bond donors (Lipinski definition) is 0. The van der Waals surface area contributed by atoms with E-state index in [2.05, 4.69) is 172 Å². The fraction of sp³-hybridized carbons (Fsp3) is 0.143. The van der Waals surface area contributed by atoms with Crippen molar-refractivity contribution in [3.05, 3.63) is 184 Å². The SMILES string of the molecule is CCc1ccc(N(c2ccc(C)cc2)c2ccc(C3(c4ccc(C)cc4)c4ccccc4-c4ccccc43)cc2)cc1C. The van der Waals surface area contributed by atoms with E-state index >= 15 is 0 Å². The van der Waals surface area contributed by atoms with Crippen molar-refractivity contribution in [2.75, 3.05) is 4.90 Å². The normalized spacial score (nSPS) is 12.9. The van der Waals surface area contributed by atoms with Crippen LogP contribution in [-0.2, 0) is 11.8 Å². The van der Waals surface area contributed by atoms with E-state index in [0.29, 0.717) is 0 Å². The molecule has 0 aromatic heterocycles. The van der Waals surface area contributed by atoms with Gasteiger partial charge in [0.1, 0.15) is 0 Å². The molecule has 0 heterocycles. The Morgan fingerprint density at radius 3 is 1.44 bits per heavy atom. The first-order chi connectivity index (χ1) is 21.0. The Balaban J connectivity index is 1.43. The molecule has 1 heteroatoms. The molecule has 0 aliphatic heterocycles. The average Bonchev–Trinajstić information content (AvgIpc) is 3.34. The zero-order valence-electron chi connectivity index (χ0n) is 25.4. The number of nitrogens with zero attached hydrogens (tertiary/aromatic N) is 1. The van der Waals surface area contributed by atoms with Crippen molar-refractivity contribution in [2.45, 2.75) is 39.5 Å². The van der Waals surface area contributed by atoms with Gasteiger partial charge in [0.15, 0.2) is 0 Å². The Morgan fingerprint density at radius 2 is 0.930 bits per heavy atom. The zero-order valence-corrected chi connectivity index (χ0v) is 25.4. The lowest BCUT2D eigenvalue weighted by Gasteiger charge is -2.34. The second-order valence-corrected chi connectivity index (χ2v) is 11.9. The molecule has 7 rings (SSSR count). The van der Waals surface area contributed by atoms with Crippen molar-refractivity contribution in [3.63, 3.8) is 0 Å². The molecule has 0 N–H and O–H groups in total. The predicted octanol–water partition coefficient (Wildman–Crippen LogP) is 11.0. The molecule has 0 amide bonds. The maximum atomic E-state index is 2.38. The van der Waals surface area contributed by atoms with Crippen LogP contribution in [0.5, 0.6) is 0 Å². The molecule has 0 saturated carbocycles. The molecule has 0 fully saturated rings. The number of aryl methyl sites for hydroxylation is 4. The van der Waals surface area contributed by atoms with Crippen LogP contribution in [0.1, 0.15) is 51.4 Å². The van der Waals surface area contributed by atoms with E-state index in [4.69, 9.17) is 0 Å². The average molecular weight is 556 g/mol. The van der Waals surface area contributed by atoms with Gasteiger partial charge in [-0.1, -0.05) is 121 Å². The van der Waals surface area contributed by atoms with Gasteiger partial charge in [-0.25, -0.2) is 0 Å². The second kappa shape index (κ2) is 10.7. The molecule has 0 radical (unpaired) electrons. The van der Waals surface area contributed by atoms with Gasteiger partial charge in [0.2, 0.25) is 0 Å². The van der Waals surface area contributed by atoms with Crippen LogP contribution in [-0.4, -0.2) is 0 Å². The van der Waals surface area contributed by atoms with Crippen LogP contribution in [0.4, 0.5) is 17.1 Å². The fourth-order valence-electron chi connectivity index (χ4n) is 7.04. The minimum absolute atomic E-state index is 0.395. The Labute approximate surface area is 256 Å². The summed E-state index contributed by atoms with van der Waals surface area (Å²) in [6.07, 6.45) is 1.04. The molecule has 0 spiro atoms. The molecular formula is C42H37N. The number of hydrogen-bond acceptors (Lipinski definition) is 1. The van der Waals surface area contributed by atoms with Gasteiger partial charge in [0.25, 0.3) is 0 Å². The molecule has 0 saturated heterocycles. The smallest absolute Gasteiger partial charge is 0.0713 e. The summed E-state index contributed by atoms with van der Waals surface area (Å²) < 4.78 is 0. The largest absolute Gasteiger partial charge is 0.310 e. The predicted molar refractivity (Wildman–Crippen MR) is 182 cm³/mol. The van der Waals surface area contributed by atoms with Crippen molar-refractivity contribution in [1.82, 2.24) is 0 Å². The molecule has 1 nitrogen and oxygen atoms in total. The zero-order chi connectivity index (χ0) is 29.6. The highest BCUT2D eigenvalue weighted by Crippen LogP contribution is 2.56.